The number of anilines is 1. The second kappa shape index (κ2) is 9.94. The van der Waals surface area contributed by atoms with Crippen molar-refractivity contribution in [2.45, 2.75) is 13.0 Å². The largest absolute Gasteiger partial charge is 0.497 e. The number of nitrogens with zero attached hydrogens (tertiary/aromatic N) is 1. The SMILES string of the molecule is COc1cccc(NC(=O)CN(C)CC(=O)N[C@@H](C)c2ccccc2Cl)c1. The van der Waals surface area contributed by atoms with Gasteiger partial charge in [0.25, 0.3) is 0 Å². The number of methoxy groups -OCH3 is 1. The quantitative estimate of drug-likeness (QED) is 0.727. The van der Waals surface area contributed by atoms with Gasteiger partial charge in [-0.3, -0.25) is 14.5 Å². The first-order valence-corrected chi connectivity index (χ1v) is 8.93. The number of halogens is 1. The summed E-state index contributed by atoms with van der Waals surface area (Å²) in [6, 6.07) is 14.3. The molecule has 2 rings (SSSR count). The summed E-state index contributed by atoms with van der Waals surface area (Å²) in [5.41, 5.74) is 1.50. The highest BCUT2D eigenvalue weighted by molar-refractivity contribution is 6.31. The Labute approximate surface area is 164 Å². The number of ether oxygens (including phenoxy) is 1. The van der Waals surface area contributed by atoms with Crippen molar-refractivity contribution in [3.8, 4) is 5.75 Å². The van der Waals surface area contributed by atoms with Gasteiger partial charge in [-0.15, -0.1) is 0 Å². The average Bonchev–Trinajstić information content (AvgIpc) is 2.61. The van der Waals surface area contributed by atoms with Crippen molar-refractivity contribution in [3.63, 3.8) is 0 Å². The molecule has 2 N–H and O–H groups in total. The van der Waals surface area contributed by atoms with Crippen LogP contribution in [0.2, 0.25) is 5.02 Å². The standard InChI is InChI=1S/C20H24ClN3O3/c1-14(17-9-4-5-10-18(17)21)22-19(25)12-24(2)13-20(26)23-15-7-6-8-16(11-15)27-3/h4-11,14H,12-13H2,1-3H3,(H,22,25)(H,23,26)/t14-/m0/s1. The van der Waals surface area contributed by atoms with Crippen LogP contribution >= 0.6 is 11.6 Å². The molecule has 0 fully saturated rings. The van der Waals surface area contributed by atoms with E-state index in [4.69, 9.17) is 16.3 Å². The van der Waals surface area contributed by atoms with Crippen LogP contribution in [0.5, 0.6) is 5.75 Å². The van der Waals surface area contributed by atoms with Gasteiger partial charge >= 0.3 is 0 Å². The van der Waals surface area contributed by atoms with E-state index < -0.39 is 0 Å². The summed E-state index contributed by atoms with van der Waals surface area (Å²) in [7, 11) is 3.28. The second-order valence-electron chi connectivity index (χ2n) is 6.26. The summed E-state index contributed by atoms with van der Waals surface area (Å²) < 4.78 is 5.13. The predicted octanol–water partition coefficient (Wildman–Crippen LogP) is 3.10. The van der Waals surface area contributed by atoms with Crippen LogP contribution in [0, 0.1) is 0 Å². The van der Waals surface area contributed by atoms with Crippen LogP contribution in [0.15, 0.2) is 48.5 Å². The minimum absolute atomic E-state index is 0.0884. The van der Waals surface area contributed by atoms with E-state index in [-0.39, 0.29) is 30.9 Å². The number of nitrogens with one attached hydrogen (secondary N) is 2. The number of carbonyl (C=O) groups excluding carboxylic acids is 2. The van der Waals surface area contributed by atoms with Gasteiger partial charge in [-0.2, -0.15) is 0 Å². The van der Waals surface area contributed by atoms with Gasteiger partial charge in [0.1, 0.15) is 5.75 Å². The van der Waals surface area contributed by atoms with E-state index in [2.05, 4.69) is 10.6 Å². The summed E-state index contributed by atoms with van der Waals surface area (Å²) in [5.74, 6) is 0.269. The second-order valence-corrected chi connectivity index (χ2v) is 6.67. The number of amides is 2. The molecular formula is C20H24ClN3O3. The third-order valence-corrected chi connectivity index (χ3v) is 4.27. The molecule has 0 unspecified atom stereocenters. The normalized spacial score (nSPS) is 11.7. The predicted molar refractivity (Wildman–Crippen MR) is 107 cm³/mol. The fraction of sp³-hybridized carbons (Fsp3) is 0.300. The monoisotopic (exact) mass is 389 g/mol. The highest BCUT2D eigenvalue weighted by Crippen LogP contribution is 2.22. The first-order chi connectivity index (χ1) is 12.9. The molecule has 0 spiro atoms. The summed E-state index contributed by atoms with van der Waals surface area (Å²) in [4.78, 5) is 26.0. The van der Waals surface area contributed by atoms with E-state index in [1.54, 1.807) is 49.4 Å². The van der Waals surface area contributed by atoms with Crippen molar-refractivity contribution < 1.29 is 14.3 Å². The van der Waals surface area contributed by atoms with Crippen LogP contribution in [0.3, 0.4) is 0 Å². The van der Waals surface area contributed by atoms with Gasteiger partial charge in [0.15, 0.2) is 0 Å². The molecule has 0 radical (unpaired) electrons. The Hall–Kier alpha value is -2.57. The maximum Gasteiger partial charge on any atom is 0.238 e. The van der Waals surface area contributed by atoms with Crippen molar-refractivity contribution in [3.05, 3.63) is 59.1 Å². The molecule has 27 heavy (non-hydrogen) atoms. The van der Waals surface area contributed by atoms with Crippen molar-refractivity contribution in [1.29, 1.82) is 0 Å². The minimum Gasteiger partial charge on any atom is -0.497 e. The molecule has 0 aromatic heterocycles. The number of carbonyl (C=O) groups is 2. The van der Waals surface area contributed by atoms with Gasteiger partial charge < -0.3 is 15.4 Å². The first-order valence-electron chi connectivity index (χ1n) is 8.55. The zero-order valence-corrected chi connectivity index (χ0v) is 16.4. The minimum atomic E-state index is -0.217. The van der Waals surface area contributed by atoms with Crippen molar-refractivity contribution in [2.75, 3.05) is 32.6 Å². The lowest BCUT2D eigenvalue weighted by Gasteiger charge is -2.19. The Balaban J connectivity index is 1.81. The molecule has 144 valence electrons. The van der Waals surface area contributed by atoms with Crippen LogP contribution < -0.4 is 15.4 Å². The molecular weight excluding hydrogens is 366 g/mol. The molecule has 0 saturated carbocycles. The lowest BCUT2D eigenvalue weighted by atomic mass is 10.1. The maximum atomic E-state index is 12.2. The molecule has 7 heteroatoms. The number of likely N-dealkylation sites (N-methyl/N-ethyl adjacent to an activating group) is 1. The third kappa shape index (κ3) is 6.58. The fourth-order valence-electron chi connectivity index (χ4n) is 2.64. The Kier molecular flexibility index (Phi) is 7.64. The van der Waals surface area contributed by atoms with E-state index in [1.807, 2.05) is 25.1 Å². The molecule has 1 atom stereocenters. The molecule has 0 saturated heterocycles. The summed E-state index contributed by atoms with van der Waals surface area (Å²) >= 11 is 6.15. The average molecular weight is 390 g/mol. The maximum absolute atomic E-state index is 12.2. The highest BCUT2D eigenvalue weighted by atomic mass is 35.5. The van der Waals surface area contributed by atoms with Crippen LogP contribution in [0.25, 0.3) is 0 Å². The molecule has 0 heterocycles. The molecule has 0 bridgehead atoms. The topological polar surface area (TPSA) is 70.7 Å². The van der Waals surface area contributed by atoms with Gasteiger partial charge in [-0.1, -0.05) is 35.9 Å². The van der Waals surface area contributed by atoms with E-state index >= 15 is 0 Å². The van der Waals surface area contributed by atoms with E-state index in [0.29, 0.717) is 16.5 Å². The molecule has 0 aliphatic carbocycles. The molecule has 0 aliphatic heterocycles. The number of benzene rings is 2. The van der Waals surface area contributed by atoms with E-state index in [1.165, 1.54) is 0 Å². The van der Waals surface area contributed by atoms with E-state index in [9.17, 15) is 9.59 Å². The van der Waals surface area contributed by atoms with Crippen LogP contribution in [-0.2, 0) is 9.59 Å². The first kappa shape index (κ1) is 20.7. The van der Waals surface area contributed by atoms with Gasteiger partial charge in [-0.05, 0) is 37.7 Å². The third-order valence-electron chi connectivity index (χ3n) is 3.93. The van der Waals surface area contributed by atoms with Gasteiger partial charge in [-0.25, -0.2) is 0 Å². The Morgan fingerprint density at radius 1 is 1.11 bits per heavy atom. The van der Waals surface area contributed by atoms with Crippen LogP contribution in [0.4, 0.5) is 5.69 Å². The van der Waals surface area contributed by atoms with Crippen molar-refractivity contribution in [2.24, 2.45) is 0 Å². The fourth-order valence-corrected chi connectivity index (χ4v) is 2.94. The molecule has 2 amide bonds. The molecule has 2 aromatic carbocycles. The lowest BCUT2D eigenvalue weighted by molar-refractivity contribution is -0.123. The highest BCUT2D eigenvalue weighted by Gasteiger charge is 2.15. The Bertz CT molecular complexity index is 798. The van der Waals surface area contributed by atoms with E-state index in [0.717, 1.165) is 5.56 Å². The Morgan fingerprint density at radius 3 is 2.52 bits per heavy atom. The van der Waals surface area contributed by atoms with Gasteiger partial charge in [0.05, 0.1) is 26.2 Å². The smallest absolute Gasteiger partial charge is 0.238 e. The summed E-state index contributed by atoms with van der Waals surface area (Å²) in [6.45, 7) is 2.06. The molecule has 6 nitrogen and oxygen atoms in total. The summed E-state index contributed by atoms with van der Waals surface area (Å²) in [5, 5.41) is 6.29. The van der Waals surface area contributed by atoms with Crippen molar-refractivity contribution in [1.82, 2.24) is 10.2 Å². The number of hydrogen-bond acceptors (Lipinski definition) is 4. The van der Waals surface area contributed by atoms with Crippen LogP contribution in [-0.4, -0.2) is 44.0 Å². The lowest BCUT2D eigenvalue weighted by Crippen LogP contribution is -2.39. The summed E-state index contributed by atoms with van der Waals surface area (Å²) in [6.07, 6.45) is 0. The number of rotatable bonds is 8. The van der Waals surface area contributed by atoms with Gasteiger partial charge in [0.2, 0.25) is 11.8 Å². The molecule has 2 aromatic rings. The number of hydrogen-bond donors (Lipinski definition) is 2. The molecule has 0 aliphatic rings. The zero-order valence-electron chi connectivity index (χ0n) is 15.7. The Morgan fingerprint density at radius 2 is 1.81 bits per heavy atom. The van der Waals surface area contributed by atoms with Crippen molar-refractivity contribution >= 4 is 29.1 Å². The van der Waals surface area contributed by atoms with Gasteiger partial charge in [0, 0.05) is 16.8 Å². The zero-order chi connectivity index (χ0) is 19.8. The van der Waals surface area contributed by atoms with Crippen LogP contribution in [0.1, 0.15) is 18.5 Å².